The maximum atomic E-state index is 13.1. The van der Waals surface area contributed by atoms with Crippen LogP contribution in [0.5, 0.6) is 0 Å². The van der Waals surface area contributed by atoms with Crippen LogP contribution in [0.1, 0.15) is 408 Å². The standard InChI is InChI=1S/C78H152O17P2/c1-7-9-11-13-15-17-18-19-20-21-22-23-24-29-32-35-39-43-50-56-62-77(82)94-73(66-89-76(81)61-55-49-42-38-34-31-28-26-25-27-30-33-37-40-46-52-58-70(3)4)68-92-96(84,85)90-64-72(79)65-91-97(86,87)93-69-74(95-78(83)63-57-51-45-44-47-53-59-71(5)6)67-88-75(80)60-54-48-41-36-16-14-12-10-8-2/h70-74,79H,7-69H2,1-6H3,(H,84,85)(H,86,87)/t72-,73-,74-/m1/s1. The highest BCUT2D eigenvalue weighted by molar-refractivity contribution is 7.47. The third-order valence-corrected chi connectivity index (χ3v) is 20.1. The second-order valence-electron chi connectivity index (χ2n) is 29.1. The highest BCUT2D eigenvalue weighted by Gasteiger charge is 2.30. The number of ether oxygens (including phenoxy) is 4. The largest absolute Gasteiger partial charge is 0.472 e. The van der Waals surface area contributed by atoms with E-state index < -0.39 is 97.5 Å². The molecular weight excluding hydrogens is 1270 g/mol. The van der Waals surface area contributed by atoms with Crippen LogP contribution in [0.4, 0.5) is 0 Å². The lowest BCUT2D eigenvalue weighted by Crippen LogP contribution is -2.30. The van der Waals surface area contributed by atoms with E-state index in [-0.39, 0.29) is 25.7 Å². The highest BCUT2D eigenvalue weighted by atomic mass is 31.2. The van der Waals surface area contributed by atoms with Crippen LogP contribution in [-0.4, -0.2) is 96.7 Å². The van der Waals surface area contributed by atoms with Crippen LogP contribution in [-0.2, 0) is 65.4 Å². The SMILES string of the molecule is CCCCCCCCCCCCCCCCCCCCCCC(=O)O[C@H](COC(=O)CCCCCCCCCCCCCCCCCCC(C)C)COP(=O)(O)OC[C@@H](O)COP(=O)(O)OC[C@@H](COC(=O)CCCCCCCCCCC)OC(=O)CCCCCCCCC(C)C. The predicted molar refractivity (Wildman–Crippen MR) is 395 cm³/mol. The Kier molecular flexibility index (Phi) is 68.4. The number of rotatable bonds is 77. The van der Waals surface area contributed by atoms with Crippen LogP contribution in [0, 0.1) is 11.8 Å². The smallest absolute Gasteiger partial charge is 0.462 e. The molecule has 0 fully saturated rings. The highest BCUT2D eigenvalue weighted by Crippen LogP contribution is 2.45. The van der Waals surface area contributed by atoms with Crippen LogP contribution < -0.4 is 0 Å². The summed E-state index contributed by atoms with van der Waals surface area (Å²) in [5, 5.41) is 10.6. The van der Waals surface area contributed by atoms with Gasteiger partial charge in [0, 0.05) is 25.7 Å². The molecule has 97 heavy (non-hydrogen) atoms. The van der Waals surface area contributed by atoms with E-state index in [0.717, 1.165) is 95.8 Å². The lowest BCUT2D eigenvalue weighted by atomic mass is 10.0. The summed E-state index contributed by atoms with van der Waals surface area (Å²) in [5.74, 6) is -0.638. The fourth-order valence-corrected chi connectivity index (χ4v) is 13.6. The summed E-state index contributed by atoms with van der Waals surface area (Å²) >= 11 is 0. The summed E-state index contributed by atoms with van der Waals surface area (Å²) in [6.45, 7) is 9.53. The molecule has 0 rings (SSSR count). The molecule has 0 radical (unpaired) electrons. The van der Waals surface area contributed by atoms with Crippen molar-refractivity contribution in [1.29, 1.82) is 0 Å². The van der Waals surface area contributed by atoms with Gasteiger partial charge in [0.1, 0.15) is 19.3 Å². The molecule has 0 saturated carbocycles. The molecule has 0 bridgehead atoms. The maximum Gasteiger partial charge on any atom is 0.472 e. The van der Waals surface area contributed by atoms with Gasteiger partial charge in [-0.15, -0.1) is 0 Å². The molecule has 2 unspecified atom stereocenters. The first-order valence-electron chi connectivity index (χ1n) is 40.5. The lowest BCUT2D eigenvalue weighted by Gasteiger charge is -2.21. The lowest BCUT2D eigenvalue weighted by molar-refractivity contribution is -0.161. The van der Waals surface area contributed by atoms with Gasteiger partial charge in [-0.1, -0.05) is 356 Å². The number of hydrogen-bond acceptors (Lipinski definition) is 15. The van der Waals surface area contributed by atoms with E-state index >= 15 is 0 Å². The monoisotopic (exact) mass is 1420 g/mol. The number of aliphatic hydroxyl groups excluding tert-OH is 1. The normalized spacial score (nSPS) is 14.0. The van der Waals surface area contributed by atoms with Crippen molar-refractivity contribution in [1.82, 2.24) is 0 Å². The second-order valence-corrected chi connectivity index (χ2v) is 32.0. The zero-order valence-electron chi connectivity index (χ0n) is 63.4. The van der Waals surface area contributed by atoms with E-state index in [0.29, 0.717) is 31.6 Å². The molecule has 0 heterocycles. The molecule has 0 aliphatic rings. The molecule has 0 spiro atoms. The topological polar surface area (TPSA) is 237 Å². The van der Waals surface area contributed by atoms with Crippen LogP contribution in [0.2, 0.25) is 0 Å². The number of carbonyl (C=O) groups is 4. The molecule has 0 saturated heterocycles. The Bertz CT molecular complexity index is 1870. The van der Waals surface area contributed by atoms with E-state index in [1.165, 1.54) is 225 Å². The van der Waals surface area contributed by atoms with Gasteiger partial charge in [0.15, 0.2) is 12.2 Å². The van der Waals surface area contributed by atoms with Crippen LogP contribution >= 0.6 is 15.6 Å². The van der Waals surface area contributed by atoms with Gasteiger partial charge in [-0.2, -0.15) is 0 Å². The van der Waals surface area contributed by atoms with Gasteiger partial charge in [-0.05, 0) is 37.5 Å². The molecule has 0 aromatic rings. The number of carbonyl (C=O) groups excluding carboxylic acids is 4. The van der Waals surface area contributed by atoms with Gasteiger partial charge in [0.25, 0.3) is 0 Å². The third kappa shape index (κ3) is 72.2. The molecule has 17 nitrogen and oxygen atoms in total. The van der Waals surface area contributed by atoms with E-state index in [4.69, 9.17) is 37.0 Å². The summed E-state index contributed by atoms with van der Waals surface area (Å²) in [6, 6.07) is 0. The zero-order valence-corrected chi connectivity index (χ0v) is 65.2. The van der Waals surface area contributed by atoms with E-state index in [9.17, 15) is 43.2 Å². The minimum atomic E-state index is -4.96. The van der Waals surface area contributed by atoms with Crippen LogP contribution in [0.3, 0.4) is 0 Å². The number of unbranched alkanes of at least 4 members (excludes halogenated alkanes) is 47. The second kappa shape index (κ2) is 69.8. The van der Waals surface area contributed by atoms with Gasteiger partial charge in [0.05, 0.1) is 26.4 Å². The number of phosphoric ester groups is 2. The molecule has 0 aromatic carbocycles. The van der Waals surface area contributed by atoms with Gasteiger partial charge in [-0.3, -0.25) is 37.3 Å². The third-order valence-electron chi connectivity index (χ3n) is 18.2. The molecule has 0 aliphatic carbocycles. The molecule has 0 amide bonds. The van der Waals surface area contributed by atoms with Gasteiger partial charge >= 0.3 is 39.5 Å². The predicted octanol–water partition coefficient (Wildman–Crippen LogP) is 23.1. The van der Waals surface area contributed by atoms with Crippen molar-refractivity contribution in [3.8, 4) is 0 Å². The number of aliphatic hydroxyl groups is 1. The minimum Gasteiger partial charge on any atom is -0.462 e. The first-order chi connectivity index (χ1) is 46.9. The molecule has 576 valence electrons. The van der Waals surface area contributed by atoms with Gasteiger partial charge in [-0.25, -0.2) is 9.13 Å². The van der Waals surface area contributed by atoms with Gasteiger partial charge < -0.3 is 33.8 Å². The summed E-state index contributed by atoms with van der Waals surface area (Å²) in [4.78, 5) is 72.7. The van der Waals surface area contributed by atoms with Crippen molar-refractivity contribution in [3.63, 3.8) is 0 Å². The van der Waals surface area contributed by atoms with Crippen molar-refractivity contribution >= 4 is 39.5 Å². The maximum absolute atomic E-state index is 13.1. The molecular formula is C78H152O17P2. The Morgan fingerprint density at radius 1 is 0.278 bits per heavy atom. The molecule has 19 heteroatoms. The summed E-state index contributed by atoms with van der Waals surface area (Å²) in [5.41, 5.74) is 0. The number of phosphoric acid groups is 2. The van der Waals surface area contributed by atoms with Gasteiger partial charge in [0.2, 0.25) is 0 Å². The average Bonchev–Trinajstić information content (AvgIpc) is 1.55. The molecule has 5 atom stereocenters. The quantitative estimate of drug-likeness (QED) is 0.0222. The Balaban J connectivity index is 5.17. The van der Waals surface area contributed by atoms with Crippen molar-refractivity contribution in [2.45, 2.75) is 426 Å². The first-order valence-corrected chi connectivity index (χ1v) is 43.5. The average molecular weight is 1420 g/mol. The van der Waals surface area contributed by atoms with E-state index in [1.807, 2.05) is 0 Å². The summed E-state index contributed by atoms with van der Waals surface area (Å²) in [6.07, 6.45) is 58.7. The molecule has 0 aliphatic heterocycles. The Labute approximate surface area is 594 Å². The fraction of sp³-hybridized carbons (Fsp3) is 0.949. The van der Waals surface area contributed by atoms with Crippen molar-refractivity contribution in [2.24, 2.45) is 11.8 Å². The van der Waals surface area contributed by atoms with Crippen LogP contribution in [0.15, 0.2) is 0 Å². The number of hydrogen-bond donors (Lipinski definition) is 3. The van der Waals surface area contributed by atoms with E-state index in [1.54, 1.807) is 0 Å². The molecule has 3 N–H and O–H groups in total. The molecule has 0 aromatic heterocycles. The zero-order chi connectivity index (χ0) is 71.4. The first kappa shape index (κ1) is 95.1. The summed E-state index contributed by atoms with van der Waals surface area (Å²) < 4.78 is 68.5. The Morgan fingerprint density at radius 2 is 0.474 bits per heavy atom. The van der Waals surface area contributed by atoms with Crippen molar-refractivity contribution in [2.75, 3.05) is 39.6 Å². The minimum absolute atomic E-state index is 0.102. The van der Waals surface area contributed by atoms with Crippen LogP contribution in [0.25, 0.3) is 0 Å². The Hall–Kier alpha value is -1.94. The fourth-order valence-electron chi connectivity index (χ4n) is 12.0. The summed E-state index contributed by atoms with van der Waals surface area (Å²) in [7, 11) is -9.91. The number of esters is 4. The van der Waals surface area contributed by atoms with Crippen molar-refractivity contribution < 1.29 is 80.2 Å². The van der Waals surface area contributed by atoms with E-state index in [2.05, 4.69) is 41.5 Å². The Morgan fingerprint density at radius 3 is 0.701 bits per heavy atom. The van der Waals surface area contributed by atoms with Crippen molar-refractivity contribution in [3.05, 3.63) is 0 Å².